The van der Waals surface area contributed by atoms with Gasteiger partial charge in [0.2, 0.25) is 0 Å². The fourth-order valence-electron chi connectivity index (χ4n) is 3.31. The minimum absolute atomic E-state index is 0.119. The highest BCUT2D eigenvalue weighted by Crippen LogP contribution is 2.31. The first-order valence-corrected chi connectivity index (χ1v) is 10.0. The van der Waals surface area contributed by atoms with E-state index in [4.69, 9.17) is 11.6 Å². The summed E-state index contributed by atoms with van der Waals surface area (Å²) in [5.74, 6) is 0.301. The summed E-state index contributed by atoms with van der Waals surface area (Å²) in [4.78, 5) is 19.4. The van der Waals surface area contributed by atoms with Gasteiger partial charge in [0.15, 0.2) is 0 Å². The Hall–Kier alpha value is -3.64. The molecular formula is C22H20ClF2N5O2. The van der Waals surface area contributed by atoms with E-state index in [2.05, 4.69) is 43.0 Å². The molecule has 1 aliphatic heterocycles. The number of alkyl halides is 3. The lowest BCUT2D eigenvalue weighted by Crippen LogP contribution is -2.21. The molecule has 2 N–H and O–H groups in total. The number of nitrogens with zero attached hydrogens (tertiary/aromatic N) is 3. The van der Waals surface area contributed by atoms with Crippen LogP contribution in [0.4, 0.5) is 20.3 Å². The lowest BCUT2D eigenvalue weighted by molar-refractivity contribution is -0.0964. The highest BCUT2D eigenvalue weighted by molar-refractivity contribution is 6.20. The summed E-state index contributed by atoms with van der Waals surface area (Å²) in [5.41, 5.74) is -1.47. The summed E-state index contributed by atoms with van der Waals surface area (Å²) >= 11 is 4.75. The second-order valence-electron chi connectivity index (χ2n) is 6.79. The quantitative estimate of drug-likeness (QED) is 0.411. The van der Waals surface area contributed by atoms with E-state index in [-0.39, 0.29) is 11.7 Å². The van der Waals surface area contributed by atoms with E-state index < -0.39 is 5.57 Å². The molecule has 0 bridgehead atoms. The SMILES string of the molecule is C#C.O=C(Nc1ccc(OC(F)(F)Cl)cc1)c1cnc(N2CCCC2)c(-c2ccn[nH]2)c1. The number of H-pyrrole nitrogens is 1. The van der Waals surface area contributed by atoms with E-state index in [0.29, 0.717) is 11.3 Å². The van der Waals surface area contributed by atoms with Crippen molar-refractivity contribution in [3.05, 3.63) is 54.4 Å². The van der Waals surface area contributed by atoms with Crippen molar-refractivity contribution < 1.29 is 18.3 Å². The maximum Gasteiger partial charge on any atom is 0.487 e. The van der Waals surface area contributed by atoms with Gasteiger partial charge in [0.1, 0.15) is 11.6 Å². The Morgan fingerprint density at radius 1 is 1.19 bits per heavy atom. The number of nitrogens with one attached hydrogen (secondary N) is 2. The maximum atomic E-state index is 12.7. The van der Waals surface area contributed by atoms with Gasteiger partial charge in [-0.3, -0.25) is 9.89 Å². The zero-order valence-electron chi connectivity index (χ0n) is 16.9. The molecule has 10 heteroatoms. The number of anilines is 2. The van der Waals surface area contributed by atoms with Crippen LogP contribution in [0.15, 0.2) is 48.8 Å². The van der Waals surface area contributed by atoms with Crippen molar-refractivity contribution in [2.45, 2.75) is 18.4 Å². The number of benzene rings is 1. The van der Waals surface area contributed by atoms with Crippen molar-refractivity contribution >= 4 is 29.0 Å². The molecule has 0 aliphatic carbocycles. The van der Waals surface area contributed by atoms with Crippen molar-refractivity contribution in [1.82, 2.24) is 15.2 Å². The Morgan fingerprint density at radius 2 is 1.88 bits per heavy atom. The highest BCUT2D eigenvalue weighted by atomic mass is 35.5. The van der Waals surface area contributed by atoms with Gasteiger partial charge in [0.05, 0.1) is 11.3 Å². The molecule has 0 saturated carbocycles. The number of carbonyl (C=O) groups excluding carboxylic acids is 1. The molecule has 1 fully saturated rings. The number of hydrogen-bond donors (Lipinski definition) is 2. The number of hydrogen-bond acceptors (Lipinski definition) is 5. The molecule has 0 unspecified atom stereocenters. The largest absolute Gasteiger partial charge is 0.487 e. The second kappa shape index (κ2) is 10.1. The predicted molar refractivity (Wildman–Crippen MR) is 119 cm³/mol. The van der Waals surface area contributed by atoms with E-state index in [1.165, 1.54) is 30.5 Å². The van der Waals surface area contributed by atoms with Crippen LogP contribution in [0.25, 0.3) is 11.3 Å². The second-order valence-corrected chi connectivity index (χ2v) is 7.23. The summed E-state index contributed by atoms with van der Waals surface area (Å²) in [5, 5.41) is 9.63. The number of carbonyl (C=O) groups is 1. The minimum Gasteiger partial charge on any atom is -0.420 e. The Bertz CT molecular complexity index is 1060. The Kier molecular flexibility index (Phi) is 7.28. The summed E-state index contributed by atoms with van der Waals surface area (Å²) in [6.07, 6.45) is 13.4. The van der Waals surface area contributed by atoms with Crippen molar-refractivity contribution in [2.75, 3.05) is 23.3 Å². The van der Waals surface area contributed by atoms with Gasteiger partial charge in [-0.25, -0.2) is 4.98 Å². The molecule has 1 saturated heterocycles. The van der Waals surface area contributed by atoms with Gasteiger partial charge in [-0.05, 0) is 49.2 Å². The number of halogens is 3. The number of pyridine rings is 1. The van der Waals surface area contributed by atoms with Gasteiger partial charge in [-0.15, -0.1) is 21.6 Å². The molecule has 0 spiro atoms. The van der Waals surface area contributed by atoms with Crippen LogP contribution in [0.1, 0.15) is 23.2 Å². The maximum absolute atomic E-state index is 12.7. The summed E-state index contributed by atoms with van der Waals surface area (Å²) in [7, 11) is 0. The first-order valence-electron chi connectivity index (χ1n) is 9.64. The van der Waals surface area contributed by atoms with Gasteiger partial charge >= 0.3 is 5.57 Å². The molecule has 0 atom stereocenters. The number of rotatable bonds is 6. The Morgan fingerprint density at radius 3 is 2.47 bits per heavy atom. The van der Waals surface area contributed by atoms with Gasteiger partial charge in [-0.2, -0.15) is 5.10 Å². The normalized spacial score (nSPS) is 13.2. The van der Waals surface area contributed by atoms with Gasteiger partial charge in [0.25, 0.3) is 5.91 Å². The predicted octanol–water partition coefficient (Wildman–Crippen LogP) is 4.74. The molecule has 3 aromatic rings. The average molecular weight is 460 g/mol. The summed E-state index contributed by atoms with van der Waals surface area (Å²) in [6.45, 7) is 1.82. The zero-order valence-corrected chi connectivity index (χ0v) is 17.6. The summed E-state index contributed by atoms with van der Waals surface area (Å²) in [6, 6.07) is 9.04. The fraction of sp³-hybridized carbons (Fsp3) is 0.227. The first kappa shape index (κ1) is 23.0. The molecule has 7 nitrogen and oxygen atoms in total. The van der Waals surface area contributed by atoms with Crippen LogP contribution < -0.4 is 15.0 Å². The van der Waals surface area contributed by atoms with Crippen molar-refractivity contribution in [1.29, 1.82) is 0 Å². The Labute approximate surface area is 188 Å². The van der Waals surface area contributed by atoms with Crippen molar-refractivity contribution in [3.63, 3.8) is 0 Å². The third-order valence-corrected chi connectivity index (χ3v) is 4.75. The van der Waals surface area contributed by atoms with E-state index in [9.17, 15) is 13.6 Å². The molecule has 32 heavy (non-hydrogen) atoms. The minimum atomic E-state index is -3.80. The molecule has 1 aliphatic rings. The molecule has 0 radical (unpaired) electrons. The van der Waals surface area contributed by atoms with Crippen LogP contribution in [0.3, 0.4) is 0 Å². The van der Waals surface area contributed by atoms with Crippen LogP contribution in [0, 0.1) is 12.8 Å². The van der Waals surface area contributed by atoms with Crippen molar-refractivity contribution in [3.8, 4) is 29.9 Å². The van der Waals surface area contributed by atoms with E-state index in [0.717, 1.165) is 43.0 Å². The lowest BCUT2D eigenvalue weighted by atomic mass is 10.1. The summed E-state index contributed by atoms with van der Waals surface area (Å²) < 4.78 is 29.7. The van der Waals surface area contributed by atoms with E-state index in [1.54, 1.807) is 12.3 Å². The monoisotopic (exact) mass is 459 g/mol. The van der Waals surface area contributed by atoms with Crippen LogP contribution in [-0.4, -0.2) is 39.7 Å². The number of ether oxygens (including phenoxy) is 1. The molecule has 3 heterocycles. The smallest absolute Gasteiger partial charge is 0.420 e. The third-order valence-electron chi connectivity index (χ3n) is 4.67. The van der Waals surface area contributed by atoms with Gasteiger partial charge in [0, 0.05) is 48.3 Å². The van der Waals surface area contributed by atoms with Crippen LogP contribution in [0.5, 0.6) is 5.75 Å². The van der Waals surface area contributed by atoms with Gasteiger partial charge in [-0.1, -0.05) is 0 Å². The zero-order chi connectivity index (χ0) is 23.1. The Balaban J connectivity index is 0.00000141. The highest BCUT2D eigenvalue weighted by Gasteiger charge is 2.27. The average Bonchev–Trinajstić information content (AvgIpc) is 3.49. The number of aromatic amines is 1. The topological polar surface area (TPSA) is 83.1 Å². The van der Waals surface area contributed by atoms with Crippen LogP contribution >= 0.6 is 11.6 Å². The molecule has 1 aromatic carbocycles. The molecule has 1 amide bonds. The van der Waals surface area contributed by atoms with E-state index in [1.807, 2.05) is 6.07 Å². The third kappa shape index (κ3) is 5.74. The van der Waals surface area contributed by atoms with Crippen molar-refractivity contribution in [2.24, 2.45) is 0 Å². The number of terminal acetylenes is 1. The van der Waals surface area contributed by atoms with Gasteiger partial charge < -0.3 is 15.0 Å². The number of aromatic nitrogens is 3. The molecule has 2 aromatic heterocycles. The molecule has 166 valence electrons. The lowest BCUT2D eigenvalue weighted by Gasteiger charge is -2.20. The van der Waals surface area contributed by atoms with E-state index >= 15 is 0 Å². The first-order chi connectivity index (χ1) is 15.4. The van der Waals surface area contributed by atoms with Crippen LogP contribution in [0.2, 0.25) is 0 Å². The molecular weight excluding hydrogens is 440 g/mol. The molecule has 4 rings (SSSR count). The fourth-order valence-corrected chi connectivity index (χ4v) is 3.40. The van der Waals surface area contributed by atoms with Crippen LogP contribution in [-0.2, 0) is 0 Å². The number of amides is 1. The standard InChI is InChI=1S/C20H18ClF2N5O2.C2H2/c21-20(22,23)30-15-5-3-14(4-6-15)26-19(29)13-11-16(17-7-8-25-27-17)18(24-12-13)28-9-1-2-10-28;1-2/h3-8,11-12H,1-2,9-10H2,(H,25,27)(H,26,29);1-2H.